The minimum Gasteiger partial charge on any atom is -0.397 e. The average molecular weight is 188 g/mol. The van der Waals surface area contributed by atoms with Crippen molar-refractivity contribution in [1.82, 2.24) is 14.5 Å². The van der Waals surface area contributed by atoms with Gasteiger partial charge in [0.15, 0.2) is 0 Å². The van der Waals surface area contributed by atoms with Gasteiger partial charge in [-0.15, -0.1) is 0 Å². The second kappa shape index (κ2) is 3.49. The van der Waals surface area contributed by atoms with E-state index in [1.165, 1.54) is 0 Å². The Morgan fingerprint density at radius 1 is 1.36 bits per heavy atom. The van der Waals surface area contributed by atoms with Crippen LogP contribution in [0.3, 0.4) is 0 Å². The number of hydrogen-bond donors (Lipinski definition) is 1. The zero-order chi connectivity index (χ0) is 9.97. The van der Waals surface area contributed by atoms with Crippen LogP contribution in [0.1, 0.15) is 6.92 Å². The van der Waals surface area contributed by atoms with Gasteiger partial charge in [-0.05, 0) is 13.0 Å². The monoisotopic (exact) mass is 188 g/mol. The lowest BCUT2D eigenvalue weighted by molar-refractivity contribution is 0.769. The number of imidazole rings is 1. The Morgan fingerprint density at radius 3 is 2.93 bits per heavy atom. The van der Waals surface area contributed by atoms with Crippen LogP contribution in [0.4, 0.5) is 5.69 Å². The smallest absolute Gasteiger partial charge is 0.0950 e. The molecule has 2 aromatic heterocycles. The van der Waals surface area contributed by atoms with E-state index in [2.05, 4.69) is 16.9 Å². The standard InChI is InChI=1S/C10H12N4/c1-2-14-7-13-6-10(14)8-3-4-12-5-9(8)11/h3-7H,2,11H2,1H3. The van der Waals surface area contributed by atoms with Gasteiger partial charge in [0, 0.05) is 18.3 Å². The van der Waals surface area contributed by atoms with Crippen molar-refractivity contribution < 1.29 is 0 Å². The molecule has 2 N–H and O–H groups in total. The summed E-state index contributed by atoms with van der Waals surface area (Å²) in [6, 6.07) is 1.90. The molecule has 0 unspecified atom stereocenters. The number of rotatable bonds is 2. The summed E-state index contributed by atoms with van der Waals surface area (Å²) in [7, 11) is 0. The first kappa shape index (κ1) is 8.74. The molecule has 2 heterocycles. The van der Waals surface area contributed by atoms with Crippen LogP contribution in [-0.4, -0.2) is 14.5 Å². The van der Waals surface area contributed by atoms with Gasteiger partial charge in [0.05, 0.1) is 30.1 Å². The van der Waals surface area contributed by atoms with Gasteiger partial charge in [-0.2, -0.15) is 0 Å². The Kier molecular flexibility index (Phi) is 2.18. The molecule has 0 spiro atoms. The van der Waals surface area contributed by atoms with Crippen molar-refractivity contribution in [1.29, 1.82) is 0 Å². The van der Waals surface area contributed by atoms with Gasteiger partial charge >= 0.3 is 0 Å². The summed E-state index contributed by atoms with van der Waals surface area (Å²) in [5, 5.41) is 0. The Hall–Kier alpha value is -1.84. The molecule has 0 aliphatic carbocycles. The molecule has 0 amide bonds. The SMILES string of the molecule is CCn1cncc1-c1ccncc1N. The minimum atomic E-state index is 0.683. The number of anilines is 1. The highest BCUT2D eigenvalue weighted by Gasteiger charge is 2.06. The van der Waals surface area contributed by atoms with Crippen molar-refractivity contribution in [3.8, 4) is 11.3 Å². The fraction of sp³-hybridized carbons (Fsp3) is 0.200. The van der Waals surface area contributed by atoms with Crippen molar-refractivity contribution in [3.63, 3.8) is 0 Å². The molecular weight excluding hydrogens is 176 g/mol. The second-order valence-electron chi connectivity index (χ2n) is 3.03. The fourth-order valence-electron chi connectivity index (χ4n) is 1.44. The van der Waals surface area contributed by atoms with E-state index in [0.717, 1.165) is 17.8 Å². The molecule has 0 fully saturated rings. The van der Waals surface area contributed by atoms with E-state index in [1.54, 1.807) is 18.7 Å². The maximum atomic E-state index is 5.83. The maximum absolute atomic E-state index is 5.83. The van der Waals surface area contributed by atoms with E-state index in [-0.39, 0.29) is 0 Å². The minimum absolute atomic E-state index is 0.683. The summed E-state index contributed by atoms with van der Waals surface area (Å²) in [6.07, 6.45) is 7.01. The highest BCUT2D eigenvalue weighted by atomic mass is 15.0. The fourth-order valence-corrected chi connectivity index (χ4v) is 1.44. The topological polar surface area (TPSA) is 56.7 Å². The molecule has 0 radical (unpaired) electrons. The van der Waals surface area contributed by atoms with E-state index >= 15 is 0 Å². The van der Waals surface area contributed by atoms with E-state index in [4.69, 9.17) is 5.73 Å². The molecule has 0 bridgehead atoms. The summed E-state index contributed by atoms with van der Waals surface area (Å²) < 4.78 is 2.05. The van der Waals surface area contributed by atoms with E-state index in [0.29, 0.717) is 5.69 Å². The van der Waals surface area contributed by atoms with Gasteiger partial charge in [0.25, 0.3) is 0 Å². The predicted octanol–water partition coefficient (Wildman–Crippen LogP) is 1.55. The summed E-state index contributed by atoms with van der Waals surface area (Å²) in [5.41, 5.74) is 8.53. The van der Waals surface area contributed by atoms with Crippen molar-refractivity contribution in [2.75, 3.05) is 5.73 Å². The number of aromatic nitrogens is 3. The van der Waals surface area contributed by atoms with Gasteiger partial charge in [0.2, 0.25) is 0 Å². The number of nitrogens with two attached hydrogens (primary N) is 1. The Balaban J connectivity index is 2.54. The second-order valence-corrected chi connectivity index (χ2v) is 3.03. The Morgan fingerprint density at radius 2 is 2.21 bits per heavy atom. The molecular formula is C10H12N4. The Labute approximate surface area is 82.4 Å². The summed E-state index contributed by atoms with van der Waals surface area (Å²) in [6.45, 7) is 2.96. The molecule has 2 aromatic rings. The molecule has 2 rings (SSSR count). The number of hydrogen-bond acceptors (Lipinski definition) is 3. The third-order valence-corrected chi connectivity index (χ3v) is 2.18. The molecule has 0 saturated heterocycles. The van der Waals surface area contributed by atoms with E-state index < -0.39 is 0 Å². The van der Waals surface area contributed by atoms with Crippen LogP contribution in [0, 0.1) is 0 Å². The molecule has 14 heavy (non-hydrogen) atoms. The van der Waals surface area contributed by atoms with E-state index in [1.807, 2.05) is 16.8 Å². The molecule has 0 atom stereocenters. The number of nitrogens with zero attached hydrogens (tertiary/aromatic N) is 3. The third kappa shape index (κ3) is 1.35. The molecule has 72 valence electrons. The van der Waals surface area contributed by atoms with Crippen molar-refractivity contribution >= 4 is 5.69 Å². The average Bonchev–Trinajstić information content (AvgIpc) is 2.66. The van der Waals surface area contributed by atoms with Crippen molar-refractivity contribution in [2.24, 2.45) is 0 Å². The zero-order valence-corrected chi connectivity index (χ0v) is 8.01. The molecule has 0 aliphatic rings. The van der Waals surface area contributed by atoms with Crippen LogP contribution in [0.2, 0.25) is 0 Å². The van der Waals surface area contributed by atoms with Gasteiger partial charge in [-0.1, -0.05) is 0 Å². The van der Waals surface area contributed by atoms with E-state index in [9.17, 15) is 0 Å². The van der Waals surface area contributed by atoms with Crippen LogP contribution in [-0.2, 0) is 6.54 Å². The van der Waals surface area contributed by atoms with Crippen LogP contribution < -0.4 is 5.73 Å². The third-order valence-electron chi connectivity index (χ3n) is 2.18. The van der Waals surface area contributed by atoms with Gasteiger partial charge in [0.1, 0.15) is 0 Å². The van der Waals surface area contributed by atoms with Crippen LogP contribution >= 0.6 is 0 Å². The highest BCUT2D eigenvalue weighted by molar-refractivity contribution is 5.72. The summed E-state index contributed by atoms with van der Waals surface area (Å²) >= 11 is 0. The van der Waals surface area contributed by atoms with Crippen LogP contribution in [0.15, 0.2) is 31.0 Å². The lowest BCUT2D eigenvalue weighted by Gasteiger charge is -2.06. The molecule has 0 saturated carbocycles. The highest BCUT2D eigenvalue weighted by Crippen LogP contribution is 2.23. The summed E-state index contributed by atoms with van der Waals surface area (Å²) in [4.78, 5) is 8.05. The molecule has 4 nitrogen and oxygen atoms in total. The van der Waals surface area contributed by atoms with Gasteiger partial charge in [-0.25, -0.2) is 4.98 Å². The first-order chi connectivity index (χ1) is 6.83. The number of pyridine rings is 1. The largest absolute Gasteiger partial charge is 0.397 e. The van der Waals surface area contributed by atoms with Crippen molar-refractivity contribution in [2.45, 2.75) is 13.5 Å². The lowest BCUT2D eigenvalue weighted by atomic mass is 10.2. The van der Waals surface area contributed by atoms with Crippen molar-refractivity contribution in [3.05, 3.63) is 31.0 Å². The molecule has 0 aliphatic heterocycles. The van der Waals surface area contributed by atoms with Crippen LogP contribution in [0.5, 0.6) is 0 Å². The van der Waals surface area contributed by atoms with Gasteiger partial charge < -0.3 is 10.3 Å². The maximum Gasteiger partial charge on any atom is 0.0950 e. The lowest BCUT2D eigenvalue weighted by Crippen LogP contribution is -1.98. The molecule has 4 heteroatoms. The van der Waals surface area contributed by atoms with Crippen LogP contribution in [0.25, 0.3) is 11.3 Å². The first-order valence-corrected chi connectivity index (χ1v) is 4.53. The quantitative estimate of drug-likeness (QED) is 0.777. The summed E-state index contributed by atoms with van der Waals surface area (Å²) in [5.74, 6) is 0. The Bertz CT molecular complexity index is 433. The number of nitrogen functional groups attached to an aromatic ring is 1. The number of aryl methyl sites for hydroxylation is 1. The van der Waals surface area contributed by atoms with Gasteiger partial charge in [-0.3, -0.25) is 4.98 Å². The normalized spacial score (nSPS) is 10.4. The predicted molar refractivity (Wildman–Crippen MR) is 55.5 cm³/mol. The molecule has 0 aromatic carbocycles. The zero-order valence-electron chi connectivity index (χ0n) is 8.01. The first-order valence-electron chi connectivity index (χ1n) is 4.53.